The highest BCUT2D eigenvalue weighted by Gasteiger charge is 2.18. The third-order valence-corrected chi connectivity index (χ3v) is 5.01. The van der Waals surface area contributed by atoms with Gasteiger partial charge in [-0.1, -0.05) is 30.3 Å². The Kier molecular flexibility index (Phi) is 4.25. The summed E-state index contributed by atoms with van der Waals surface area (Å²) < 4.78 is 0. The number of benzene rings is 1. The lowest BCUT2D eigenvalue weighted by Crippen LogP contribution is -2.33. The molecule has 0 bridgehead atoms. The fourth-order valence-electron chi connectivity index (χ4n) is 2.58. The van der Waals surface area contributed by atoms with Crippen LogP contribution in [-0.2, 0) is 4.79 Å². The average molecular weight is 326 g/mol. The minimum Gasteiger partial charge on any atom is -0.358 e. The number of anilines is 1. The molecule has 3 rings (SSSR count). The zero-order chi connectivity index (χ0) is 16.4. The van der Waals surface area contributed by atoms with Crippen molar-refractivity contribution in [2.24, 2.45) is 0 Å². The van der Waals surface area contributed by atoms with Crippen molar-refractivity contribution in [2.45, 2.75) is 6.92 Å². The zero-order valence-corrected chi connectivity index (χ0v) is 14.1. The van der Waals surface area contributed by atoms with Crippen LogP contribution in [0.2, 0.25) is 0 Å². The third kappa shape index (κ3) is 2.90. The molecule has 0 saturated carbocycles. The predicted octanol–water partition coefficient (Wildman–Crippen LogP) is 2.85. The van der Waals surface area contributed by atoms with Crippen LogP contribution in [0, 0.1) is 6.92 Å². The highest BCUT2D eigenvalue weighted by atomic mass is 32.1. The van der Waals surface area contributed by atoms with Gasteiger partial charge in [-0.25, -0.2) is 9.97 Å². The van der Waals surface area contributed by atoms with Gasteiger partial charge in [0.05, 0.1) is 11.9 Å². The van der Waals surface area contributed by atoms with Crippen molar-refractivity contribution in [3.05, 3.63) is 42.2 Å². The van der Waals surface area contributed by atoms with Gasteiger partial charge in [-0.15, -0.1) is 11.3 Å². The number of amides is 1. The van der Waals surface area contributed by atoms with Crippen molar-refractivity contribution < 1.29 is 4.79 Å². The van der Waals surface area contributed by atoms with Gasteiger partial charge < -0.3 is 10.2 Å². The van der Waals surface area contributed by atoms with Gasteiger partial charge in [-0.2, -0.15) is 0 Å². The van der Waals surface area contributed by atoms with Crippen LogP contribution in [0.4, 0.5) is 5.82 Å². The molecule has 118 valence electrons. The molecule has 1 aromatic carbocycles. The molecule has 1 N–H and O–H groups in total. The van der Waals surface area contributed by atoms with Crippen LogP contribution < -0.4 is 10.2 Å². The number of rotatable bonds is 4. The van der Waals surface area contributed by atoms with Crippen molar-refractivity contribution in [1.82, 2.24) is 15.3 Å². The van der Waals surface area contributed by atoms with E-state index >= 15 is 0 Å². The maximum Gasteiger partial charge on any atom is 0.239 e. The van der Waals surface area contributed by atoms with E-state index in [-0.39, 0.29) is 12.5 Å². The molecule has 0 unspecified atom stereocenters. The predicted molar refractivity (Wildman–Crippen MR) is 94.9 cm³/mol. The van der Waals surface area contributed by atoms with E-state index in [1.165, 1.54) is 10.4 Å². The van der Waals surface area contributed by atoms with Crippen LogP contribution >= 0.6 is 11.3 Å². The minimum absolute atomic E-state index is 0.0459. The van der Waals surface area contributed by atoms with Crippen LogP contribution in [0.15, 0.2) is 36.7 Å². The Morgan fingerprint density at radius 2 is 2.00 bits per heavy atom. The molecule has 0 radical (unpaired) electrons. The zero-order valence-electron chi connectivity index (χ0n) is 13.3. The molecule has 0 aliphatic rings. The highest BCUT2D eigenvalue weighted by Crippen LogP contribution is 2.40. The topological polar surface area (TPSA) is 58.1 Å². The summed E-state index contributed by atoms with van der Waals surface area (Å²) in [5.41, 5.74) is 2.32. The fourth-order valence-corrected chi connectivity index (χ4v) is 3.73. The summed E-state index contributed by atoms with van der Waals surface area (Å²) in [4.78, 5) is 24.5. The molecule has 5 nitrogen and oxygen atoms in total. The molecular formula is C17H18N4OS. The molecule has 0 atom stereocenters. The van der Waals surface area contributed by atoms with Gasteiger partial charge in [0.25, 0.3) is 0 Å². The molecule has 2 heterocycles. The van der Waals surface area contributed by atoms with Gasteiger partial charge in [0.15, 0.2) is 0 Å². The molecule has 1 amide bonds. The summed E-state index contributed by atoms with van der Waals surface area (Å²) >= 11 is 1.65. The molecule has 0 saturated heterocycles. The Labute approximate surface area is 139 Å². The van der Waals surface area contributed by atoms with E-state index in [4.69, 9.17) is 0 Å². The van der Waals surface area contributed by atoms with Gasteiger partial charge in [0, 0.05) is 19.0 Å². The van der Waals surface area contributed by atoms with Crippen molar-refractivity contribution in [3.8, 4) is 10.4 Å². The first-order chi connectivity index (χ1) is 11.1. The van der Waals surface area contributed by atoms with Gasteiger partial charge in [-0.3, -0.25) is 4.79 Å². The Morgan fingerprint density at radius 1 is 1.26 bits per heavy atom. The van der Waals surface area contributed by atoms with Crippen LogP contribution in [0.25, 0.3) is 20.7 Å². The summed E-state index contributed by atoms with van der Waals surface area (Å²) in [5.74, 6) is 0.741. The van der Waals surface area contributed by atoms with E-state index in [2.05, 4.69) is 34.3 Å². The van der Waals surface area contributed by atoms with Crippen molar-refractivity contribution in [2.75, 3.05) is 25.5 Å². The van der Waals surface area contributed by atoms with Crippen LogP contribution in [0.1, 0.15) is 5.56 Å². The summed E-state index contributed by atoms with van der Waals surface area (Å²) in [6, 6.07) is 10.3. The SMILES string of the molecule is CNC(=O)CN(C)c1ncnc2sc(-c3ccccc3)c(C)c12. The molecule has 0 fully saturated rings. The van der Waals surface area contributed by atoms with Gasteiger partial charge in [-0.05, 0) is 18.1 Å². The summed E-state index contributed by atoms with van der Waals surface area (Å²) in [7, 11) is 3.51. The van der Waals surface area contributed by atoms with Crippen LogP contribution in [0.3, 0.4) is 0 Å². The molecule has 0 aliphatic heterocycles. The molecular weight excluding hydrogens is 308 g/mol. The second kappa shape index (κ2) is 6.34. The van der Waals surface area contributed by atoms with Crippen molar-refractivity contribution in [3.63, 3.8) is 0 Å². The van der Waals surface area contributed by atoms with E-state index in [0.717, 1.165) is 21.6 Å². The summed E-state index contributed by atoms with van der Waals surface area (Å²) in [5, 5.41) is 3.65. The van der Waals surface area contributed by atoms with E-state index in [1.807, 2.05) is 30.1 Å². The minimum atomic E-state index is -0.0459. The Balaban J connectivity index is 2.11. The molecule has 6 heteroatoms. The number of carbonyl (C=O) groups is 1. The largest absolute Gasteiger partial charge is 0.358 e. The number of aryl methyl sites for hydroxylation is 1. The Morgan fingerprint density at radius 3 is 2.70 bits per heavy atom. The standard InChI is InChI=1S/C17H18N4OS/c1-11-14-16(21(3)9-13(22)18-2)19-10-20-17(14)23-15(11)12-7-5-4-6-8-12/h4-8,10H,9H2,1-3H3,(H,18,22). The highest BCUT2D eigenvalue weighted by molar-refractivity contribution is 7.22. The quantitative estimate of drug-likeness (QED) is 0.801. The number of hydrogen-bond acceptors (Lipinski definition) is 5. The first kappa shape index (κ1) is 15.4. The maximum absolute atomic E-state index is 11.6. The lowest BCUT2D eigenvalue weighted by atomic mass is 10.1. The number of thiophene rings is 1. The van der Waals surface area contributed by atoms with Gasteiger partial charge in [0.1, 0.15) is 17.0 Å². The number of carbonyl (C=O) groups excluding carboxylic acids is 1. The lowest BCUT2D eigenvalue weighted by Gasteiger charge is -2.18. The second-order valence-corrected chi connectivity index (χ2v) is 6.33. The first-order valence-electron chi connectivity index (χ1n) is 7.33. The van der Waals surface area contributed by atoms with Gasteiger partial charge >= 0.3 is 0 Å². The molecule has 2 aromatic heterocycles. The number of nitrogens with zero attached hydrogens (tertiary/aromatic N) is 3. The average Bonchev–Trinajstić information content (AvgIpc) is 2.92. The Hall–Kier alpha value is -2.47. The molecule has 23 heavy (non-hydrogen) atoms. The number of fused-ring (bicyclic) bond motifs is 1. The van der Waals surface area contributed by atoms with Crippen molar-refractivity contribution >= 4 is 33.3 Å². The summed E-state index contributed by atoms with van der Waals surface area (Å²) in [6.45, 7) is 2.35. The number of nitrogens with one attached hydrogen (secondary N) is 1. The fraction of sp³-hybridized carbons (Fsp3) is 0.235. The Bertz CT molecular complexity index is 844. The van der Waals surface area contributed by atoms with E-state index in [0.29, 0.717) is 0 Å². The van der Waals surface area contributed by atoms with E-state index in [1.54, 1.807) is 24.7 Å². The summed E-state index contributed by atoms with van der Waals surface area (Å²) in [6.07, 6.45) is 1.56. The normalized spacial score (nSPS) is 10.7. The van der Waals surface area contributed by atoms with E-state index < -0.39 is 0 Å². The van der Waals surface area contributed by atoms with Crippen LogP contribution in [0.5, 0.6) is 0 Å². The second-order valence-electron chi connectivity index (χ2n) is 5.33. The van der Waals surface area contributed by atoms with Crippen LogP contribution in [-0.4, -0.2) is 36.5 Å². The maximum atomic E-state index is 11.6. The molecule has 0 spiro atoms. The number of hydrogen-bond donors (Lipinski definition) is 1. The third-order valence-electron chi connectivity index (χ3n) is 3.76. The van der Waals surface area contributed by atoms with Crippen molar-refractivity contribution in [1.29, 1.82) is 0 Å². The van der Waals surface area contributed by atoms with E-state index in [9.17, 15) is 4.79 Å². The number of aromatic nitrogens is 2. The smallest absolute Gasteiger partial charge is 0.239 e. The molecule has 3 aromatic rings. The first-order valence-corrected chi connectivity index (χ1v) is 8.14. The lowest BCUT2D eigenvalue weighted by molar-refractivity contribution is -0.119. The monoisotopic (exact) mass is 326 g/mol. The number of likely N-dealkylation sites (N-methyl/N-ethyl adjacent to an activating group) is 2. The molecule has 0 aliphatic carbocycles. The van der Waals surface area contributed by atoms with Gasteiger partial charge in [0.2, 0.25) is 5.91 Å².